The Morgan fingerprint density at radius 3 is 2.36 bits per heavy atom. The number of carbonyl (C=O) groups excluding carboxylic acids is 1. The lowest BCUT2D eigenvalue weighted by atomic mass is 10.1. The molecular weight excluding hydrogens is 370 g/mol. The molecule has 4 rings (SSSR count). The van der Waals surface area contributed by atoms with Gasteiger partial charge in [-0.3, -0.25) is 4.79 Å². The first-order valence-electron chi connectivity index (χ1n) is 8.93. The van der Waals surface area contributed by atoms with Gasteiger partial charge in [-0.2, -0.15) is 0 Å². The van der Waals surface area contributed by atoms with E-state index in [4.69, 9.17) is 9.15 Å². The predicted molar refractivity (Wildman–Crippen MR) is 110 cm³/mol. The number of para-hydroxylation sites is 1. The van der Waals surface area contributed by atoms with Crippen molar-refractivity contribution in [1.29, 1.82) is 0 Å². The molecular formula is C23H19NO3S. The number of furan rings is 1. The number of hydrogen-bond acceptors (Lipinski definition) is 4. The lowest BCUT2D eigenvalue weighted by Gasteiger charge is -2.22. The Labute approximate surface area is 167 Å². The summed E-state index contributed by atoms with van der Waals surface area (Å²) in [6, 6.07) is 22.7. The Morgan fingerprint density at radius 2 is 1.68 bits per heavy atom. The van der Waals surface area contributed by atoms with Gasteiger partial charge in [-0.25, -0.2) is 0 Å². The van der Waals surface area contributed by atoms with Gasteiger partial charge in [0.25, 0.3) is 5.91 Å². The molecule has 0 fully saturated rings. The molecule has 5 heteroatoms. The van der Waals surface area contributed by atoms with Gasteiger partial charge in [-0.15, -0.1) is 11.3 Å². The monoisotopic (exact) mass is 389 g/mol. The Balaban J connectivity index is 1.50. The largest absolute Gasteiger partial charge is 0.472 e. The van der Waals surface area contributed by atoms with Crippen molar-refractivity contribution >= 4 is 17.2 Å². The van der Waals surface area contributed by atoms with Crippen LogP contribution in [0, 0.1) is 0 Å². The zero-order chi connectivity index (χ0) is 19.2. The average Bonchev–Trinajstić information content (AvgIpc) is 3.43. The van der Waals surface area contributed by atoms with Gasteiger partial charge in [-0.05, 0) is 53.9 Å². The van der Waals surface area contributed by atoms with Crippen molar-refractivity contribution in [3.05, 3.63) is 107 Å². The average molecular weight is 389 g/mol. The summed E-state index contributed by atoms with van der Waals surface area (Å²) in [6.07, 6.45) is 3.30. The first kappa shape index (κ1) is 18.1. The van der Waals surface area contributed by atoms with Gasteiger partial charge >= 0.3 is 0 Å². The van der Waals surface area contributed by atoms with E-state index in [2.05, 4.69) is 0 Å². The second kappa shape index (κ2) is 8.59. The number of ether oxygens (including phenoxy) is 1. The number of hydrogen-bond donors (Lipinski definition) is 0. The van der Waals surface area contributed by atoms with E-state index >= 15 is 0 Å². The number of carbonyl (C=O) groups is 1. The summed E-state index contributed by atoms with van der Waals surface area (Å²) in [4.78, 5) is 16.1. The standard InChI is InChI=1S/C23H19NO3S/c25-23(19-8-10-21(11-9-19)27-20-5-2-1-3-6-20)24(15-18-12-13-26-17-18)16-22-7-4-14-28-22/h1-14,17H,15-16H2. The zero-order valence-corrected chi connectivity index (χ0v) is 16.0. The first-order chi connectivity index (χ1) is 13.8. The topological polar surface area (TPSA) is 42.7 Å². The van der Waals surface area contributed by atoms with Crippen LogP contribution in [-0.2, 0) is 13.1 Å². The molecule has 4 nitrogen and oxygen atoms in total. The van der Waals surface area contributed by atoms with Gasteiger partial charge in [0, 0.05) is 22.5 Å². The molecule has 0 spiro atoms. The SMILES string of the molecule is O=C(c1ccc(Oc2ccccc2)cc1)N(Cc1ccoc1)Cc1cccs1. The minimum Gasteiger partial charge on any atom is -0.472 e. The number of thiophene rings is 1. The van der Waals surface area contributed by atoms with E-state index in [0.29, 0.717) is 24.4 Å². The van der Waals surface area contributed by atoms with Crippen LogP contribution in [0.25, 0.3) is 0 Å². The van der Waals surface area contributed by atoms with Crippen molar-refractivity contribution in [2.24, 2.45) is 0 Å². The lowest BCUT2D eigenvalue weighted by Crippen LogP contribution is -2.29. The molecule has 2 aromatic carbocycles. The maximum atomic E-state index is 13.1. The van der Waals surface area contributed by atoms with E-state index in [1.807, 2.05) is 70.9 Å². The van der Waals surface area contributed by atoms with Crippen LogP contribution in [0.4, 0.5) is 0 Å². The van der Waals surface area contributed by atoms with Crippen LogP contribution >= 0.6 is 11.3 Å². The summed E-state index contributed by atoms with van der Waals surface area (Å²) in [5.41, 5.74) is 1.59. The molecule has 0 radical (unpaired) electrons. The highest BCUT2D eigenvalue weighted by Gasteiger charge is 2.18. The molecule has 0 saturated carbocycles. The van der Waals surface area contributed by atoms with Gasteiger partial charge in [-0.1, -0.05) is 24.3 Å². The predicted octanol–water partition coefficient (Wildman–Crippen LogP) is 5.98. The first-order valence-corrected chi connectivity index (χ1v) is 9.81. The molecule has 1 amide bonds. The maximum absolute atomic E-state index is 13.1. The quantitative estimate of drug-likeness (QED) is 0.391. The third-order valence-corrected chi connectivity index (χ3v) is 5.11. The Morgan fingerprint density at radius 1 is 0.893 bits per heavy atom. The smallest absolute Gasteiger partial charge is 0.254 e. The highest BCUT2D eigenvalue weighted by molar-refractivity contribution is 7.09. The molecule has 0 atom stereocenters. The second-order valence-electron chi connectivity index (χ2n) is 6.31. The van der Waals surface area contributed by atoms with Crippen molar-refractivity contribution < 1.29 is 13.9 Å². The number of rotatable bonds is 7. The number of nitrogens with zero attached hydrogens (tertiary/aromatic N) is 1. The van der Waals surface area contributed by atoms with Crippen molar-refractivity contribution in [2.45, 2.75) is 13.1 Å². The number of amides is 1. The molecule has 0 aliphatic carbocycles. The Hall–Kier alpha value is -3.31. The summed E-state index contributed by atoms with van der Waals surface area (Å²) in [5, 5.41) is 2.02. The summed E-state index contributed by atoms with van der Waals surface area (Å²) in [6.45, 7) is 1.06. The third-order valence-electron chi connectivity index (χ3n) is 4.25. The van der Waals surface area contributed by atoms with Gasteiger partial charge in [0.05, 0.1) is 19.1 Å². The lowest BCUT2D eigenvalue weighted by molar-refractivity contribution is 0.0731. The molecule has 0 unspecified atom stereocenters. The second-order valence-corrected chi connectivity index (χ2v) is 7.34. The molecule has 0 saturated heterocycles. The van der Waals surface area contributed by atoms with E-state index in [1.165, 1.54) is 0 Å². The Bertz CT molecular complexity index is 958. The van der Waals surface area contributed by atoms with Gasteiger partial charge < -0.3 is 14.1 Å². The minimum atomic E-state index is -0.0270. The molecule has 0 aliphatic heterocycles. The third kappa shape index (κ3) is 4.50. The van der Waals surface area contributed by atoms with Crippen LogP contribution < -0.4 is 4.74 Å². The van der Waals surface area contributed by atoms with E-state index in [1.54, 1.807) is 36.0 Å². The molecule has 0 N–H and O–H groups in total. The summed E-state index contributed by atoms with van der Waals surface area (Å²) in [5.74, 6) is 1.43. The highest BCUT2D eigenvalue weighted by Crippen LogP contribution is 2.23. The summed E-state index contributed by atoms with van der Waals surface area (Å²) < 4.78 is 11.0. The fraction of sp³-hybridized carbons (Fsp3) is 0.0870. The van der Waals surface area contributed by atoms with E-state index in [0.717, 1.165) is 16.2 Å². The van der Waals surface area contributed by atoms with Gasteiger partial charge in [0.2, 0.25) is 0 Å². The molecule has 4 aromatic rings. The normalized spacial score (nSPS) is 10.6. The molecule has 2 aromatic heterocycles. The fourth-order valence-electron chi connectivity index (χ4n) is 2.87. The molecule has 2 heterocycles. The maximum Gasteiger partial charge on any atom is 0.254 e. The minimum absolute atomic E-state index is 0.0270. The van der Waals surface area contributed by atoms with Crippen LogP contribution in [0.5, 0.6) is 11.5 Å². The van der Waals surface area contributed by atoms with Gasteiger partial charge in [0.15, 0.2) is 0 Å². The molecule has 140 valence electrons. The van der Waals surface area contributed by atoms with Crippen LogP contribution in [0.1, 0.15) is 20.8 Å². The van der Waals surface area contributed by atoms with E-state index < -0.39 is 0 Å². The fourth-order valence-corrected chi connectivity index (χ4v) is 3.59. The van der Waals surface area contributed by atoms with Crippen LogP contribution in [-0.4, -0.2) is 10.8 Å². The van der Waals surface area contributed by atoms with Crippen molar-refractivity contribution in [2.75, 3.05) is 0 Å². The summed E-state index contributed by atoms with van der Waals surface area (Å²) in [7, 11) is 0. The van der Waals surface area contributed by atoms with Gasteiger partial charge in [0.1, 0.15) is 11.5 Å². The van der Waals surface area contributed by atoms with E-state index in [-0.39, 0.29) is 5.91 Å². The summed E-state index contributed by atoms with van der Waals surface area (Å²) >= 11 is 1.64. The van der Waals surface area contributed by atoms with E-state index in [9.17, 15) is 4.79 Å². The van der Waals surface area contributed by atoms with Crippen molar-refractivity contribution in [3.63, 3.8) is 0 Å². The molecule has 0 aliphatic rings. The van der Waals surface area contributed by atoms with Crippen LogP contribution in [0.15, 0.2) is 95.1 Å². The van der Waals surface area contributed by atoms with Crippen LogP contribution in [0.3, 0.4) is 0 Å². The number of benzene rings is 2. The zero-order valence-electron chi connectivity index (χ0n) is 15.2. The molecule has 0 bridgehead atoms. The highest BCUT2D eigenvalue weighted by atomic mass is 32.1. The van der Waals surface area contributed by atoms with Crippen molar-refractivity contribution in [3.8, 4) is 11.5 Å². The molecule has 28 heavy (non-hydrogen) atoms. The van der Waals surface area contributed by atoms with Crippen LogP contribution in [0.2, 0.25) is 0 Å². The van der Waals surface area contributed by atoms with Crippen molar-refractivity contribution in [1.82, 2.24) is 4.90 Å². The Kier molecular flexibility index (Phi) is 5.54.